The third kappa shape index (κ3) is 3.52. The van der Waals surface area contributed by atoms with Crippen molar-refractivity contribution in [2.75, 3.05) is 7.11 Å². The van der Waals surface area contributed by atoms with Gasteiger partial charge in [-0.1, -0.05) is 18.2 Å². The molecular weight excluding hydrogens is 267 g/mol. The number of alkyl halides is 3. The van der Waals surface area contributed by atoms with Gasteiger partial charge in [0.1, 0.15) is 0 Å². The van der Waals surface area contributed by atoms with Crippen molar-refractivity contribution in [1.82, 2.24) is 0 Å². The summed E-state index contributed by atoms with van der Waals surface area (Å²) < 4.78 is 43.4. The first kappa shape index (κ1) is 15.3. The summed E-state index contributed by atoms with van der Waals surface area (Å²) in [6.07, 6.45) is -0.0691. The molecule has 112 valence electrons. The first-order valence-electron chi connectivity index (χ1n) is 6.81. The maximum Gasteiger partial charge on any atom is 0.416 e. The lowest BCUT2D eigenvalue weighted by molar-refractivity contribution is -0.137. The molecule has 1 saturated carbocycles. The zero-order valence-corrected chi connectivity index (χ0v) is 11.5. The van der Waals surface area contributed by atoms with Gasteiger partial charge >= 0.3 is 6.18 Å². The van der Waals surface area contributed by atoms with Gasteiger partial charge in [0.2, 0.25) is 0 Å². The molecule has 0 heterocycles. The van der Waals surface area contributed by atoms with E-state index >= 15 is 0 Å². The first-order chi connectivity index (χ1) is 9.35. The number of nitrogens with two attached hydrogens (primary N) is 1. The fraction of sp³-hybridized carbons (Fsp3) is 0.600. The molecule has 2 rings (SSSR count). The lowest BCUT2D eigenvalue weighted by Gasteiger charge is -2.42. The average Bonchev–Trinajstić information content (AvgIpc) is 2.33. The van der Waals surface area contributed by atoms with Crippen LogP contribution >= 0.6 is 0 Å². The molecule has 0 aliphatic heterocycles. The van der Waals surface area contributed by atoms with Gasteiger partial charge in [-0.15, -0.1) is 0 Å². The van der Waals surface area contributed by atoms with Gasteiger partial charge in [0, 0.05) is 13.2 Å². The van der Waals surface area contributed by atoms with Gasteiger partial charge in [-0.3, -0.25) is 0 Å². The second kappa shape index (κ2) is 5.74. The van der Waals surface area contributed by atoms with Gasteiger partial charge in [0.15, 0.2) is 0 Å². The quantitative estimate of drug-likeness (QED) is 0.899. The lowest BCUT2D eigenvalue weighted by Crippen LogP contribution is -2.45. The van der Waals surface area contributed by atoms with E-state index in [-0.39, 0.29) is 11.6 Å². The second-order valence-electron chi connectivity index (χ2n) is 5.61. The Morgan fingerprint density at radius 3 is 2.55 bits per heavy atom. The molecule has 1 unspecified atom stereocenters. The summed E-state index contributed by atoms with van der Waals surface area (Å²) >= 11 is 0. The molecule has 0 amide bonds. The number of rotatable bonds is 5. The topological polar surface area (TPSA) is 35.2 Å². The molecule has 1 aliphatic rings. The van der Waals surface area contributed by atoms with Crippen molar-refractivity contribution in [2.45, 2.75) is 49.9 Å². The van der Waals surface area contributed by atoms with E-state index < -0.39 is 11.7 Å². The van der Waals surface area contributed by atoms with E-state index in [0.717, 1.165) is 25.3 Å². The highest BCUT2D eigenvalue weighted by atomic mass is 19.4. The maximum atomic E-state index is 12.6. The van der Waals surface area contributed by atoms with Crippen LogP contribution in [0.3, 0.4) is 0 Å². The standard InChI is InChI=1S/C15H20F3NO/c1-20-14(6-3-7-14)10-13(19)9-11-4-2-5-12(8-11)15(16,17)18/h2,4-5,8,13H,3,6-7,9-10,19H2,1H3. The monoisotopic (exact) mass is 287 g/mol. The van der Waals surface area contributed by atoms with E-state index in [0.29, 0.717) is 18.4 Å². The van der Waals surface area contributed by atoms with Crippen LogP contribution in [-0.2, 0) is 17.3 Å². The summed E-state index contributed by atoms with van der Waals surface area (Å²) in [5.74, 6) is 0. The number of halogens is 3. The molecule has 2 N–H and O–H groups in total. The number of benzene rings is 1. The van der Waals surface area contributed by atoms with Crippen LogP contribution in [0, 0.1) is 0 Å². The Balaban J connectivity index is 1.99. The smallest absolute Gasteiger partial charge is 0.378 e. The fourth-order valence-corrected chi connectivity index (χ4v) is 2.79. The van der Waals surface area contributed by atoms with Crippen molar-refractivity contribution in [3.63, 3.8) is 0 Å². The molecule has 1 fully saturated rings. The summed E-state index contributed by atoms with van der Waals surface area (Å²) in [6.45, 7) is 0. The molecule has 1 aromatic rings. The molecule has 0 aromatic heterocycles. The van der Waals surface area contributed by atoms with Crippen molar-refractivity contribution in [3.05, 3.63) is 35.4 Å². The van der Waals surface area contributed by atoms with E-state index in [1.165, 1.54) is 12.1 Å². The minimum atomic E-state index is -4.30. The SMILES string of the molecule is COC1(CC(N)Cc2cccc(C(F)(F)F)c2)CCC1. The van der Waals surface area contributed by atoms with E-state index in [1.54, 1.807) is 13.2 Å². The van der Waals surface area contributed by atoms with Crippen molar-refractivity contribution in [1.29, 1.82) is 0 Å². The normalized spacial score (nSPS) is 19.4. The van der Waals surface area contributed by atoms with Crippen molar-refractivity contribution >= 4 is 0 Å². The van der Waals surface area contributed by atoms with Crippen LogP contribution in [0.1, 0.15) is 36.8 Å². The molecule has 0 bridgehead atoms. The van der Waals surface area contributed by atoms with Gasteiger partial charge in [0.25, 0.3) is 0 Å². The Morgan fingerprint density at radius 1 is 1.35 bits per heavy atom. The minimum Gasteiger partial charge on any atom is -0.378 e. The van der Waals surface area contributed by atoms with E-state index in [4.69, 9.17) is 10.5 Å². The van der Waals surface area contributed by atoms with Gasteiger partial charge in [-0.25, -0.2) is 0 Å². The predicted molar refractivity (Wildman–Crippen MR) is 71.3 cm³/mol. The van der Waals surface area contributed by atoms with Crippen LogP contribution in [-0.4, -0.2) is 18.8 Å². The first-order valence-corrected chi connectivity index (χ1v) is 6.81. The molecule has 1 aromatic carbocycles. The number of ether oxygens (including phenoxy) is 1. The Morgan fingerprint density at radius 2 is 2.05 bits per heavy atom. The lowest BCUT2D eigenvalue weighted by atomic mass is 9.75. The van der Waals surface area contributed by atoms with Crippen LogP contribution in [0.25, 0.3) is 0 Å². The van der Waals surface area contributed by atoms with Crippen molar-refractivity contribution < 1.29 is 17.9 Å². The predicted octanol–water partition coefficient (Wildman–Crippen LogP) is 3.53. The average molecular weight is 287 g/mol. The summed E-state index contributed by atoms with van der Waals surface area (Å²) in [5.41, 5.74) is 5.93. The van der Waals surface area contributed by atoms with Gasteiger partial charge in [-0.05, 0) is 43.7 Å². The van der Waals surface area contributed by atoms with Crippen LogP contribution < -0.4 is 5.73 Å². The Labute approximate surface area is 117 Å². The van der Waals surface area contributed by atoms with Gasteiger partial charge in [-0.2, -0.15) is 13.2 Å². The number of hydrogen-bond donors (Lipinski definition) is 1. The molecule has 20 heavy (non-hydrogen) atoms. The summed E-state index contributed by atoms with van der Waals surface area (Å²) in [5, 5.41) is 0. The fourth-order valence-electron chi connectivity index (χ4n) is 2.79. The molecule has 1 atom stereocenters. The third-order valence-corrected chi connectivity index (χ3v) is 4.08. The Bertz CT molecular complexity index is 449. The Kier molecular flexibility index (Phi) is 4.39. The third-order valence-electron chi connectivity index (χ3n) is 4.08. The van der Waals surface area contributed by atoms with Gasteiger partial charge < -0.3 is 10.5 Å². The molecule has 1 aliphatic carbocycles. The Hall–Kier alpha value is -1.07. The highest BCUT2D eigenvalue weighted by Crippen LogP contribution is 2.39. The van der Waals surface area contributed by atoms with Gasteiger partial charge in [0.05, 0.1) is 11.2 Å². The van der Waals surface area contributed by atoms with Crippen LogP contribution in [0.2, 0.25) is 0 Å². The largest absolute Gasteiger partial charge is 0.416 e. The number of methoxy groups -OCH3 is 1. The van der Waals surface area contributed by atoms with Crippen molar-refractivity contribution in [2.24, 2.45) is 5.73 Å². The molecular formula is C15H20F3NO. The highest BCUT2D eigenvalue weighted by molar-refractivity contribution is 5.26. The van der Waals surface area contributed by atoms with E-state index in [9.17, 15) is 13.2 Å². The molecule has 0 spiro atoms. The van der Waals surface area contributed by atoms with E-state index in [1.807, 2.05) is 0 Å². The van der Waals surface area contributed by atoms with Crippen LogP contribution in [0.15, 0.2) is 24.3 Å². The summed E-state index contributed by atoms with van der Waals surface area (Å²) in [4.78, 5) is 0. The molecule has 0 saturated heterocycles. The minimum absolute atomic E-state index is 0.152. The van der Waals surface area contributed by atoms with Crippen LogP contribution in [0.5, 0.6) is 0 Å². The van der Waals surface area contributed by atoms with Crippen molar-refractivity contribution in [3.8, 4) is 0 Å². The summed E-state index contributed by atoms with van der Waals surface area (Å²) in [7, 11) is 1.68. The highest BCUT2D eigenvalue weighted by Gasteiger charge is 2.38. The van der Waals surface area contributed by atoms with E-state index in [2.05, 4.69) is 0 Å². The zero-order chi connectivity index (χ0) is 14.8. The molecule has 5 heteroatoms. The molecule has 2 nitrogen and oxygen atoms in total. The number of hydrogen-bond acceptors (Lipinski definition) is 2. The maximum absolute atomic E-state index is 12.6. The zero-order valence-electron chi connectivity index (χ0n) is 11.5. The summed E-state index contributed by atoms with van der Waals surface area (Å²) in [6, 6.07) is 5.20. The molecule has 0 radical (unpaired) electrons. The van der Waals surface area contributed by atoms with Crippen LogP contribution in [0.4, 0.5) is 13.2 Å². The second-order valence-corrected chi connectivity index (χ2v) is 5.61.